The fourth-order valence-corrected chi connectivity index (χ4v) is 4.06. The van der Waals surface area contributed by atoms with E-state index in [0.717, 1.165) is 38.2 Å². The highest BCUT2D eigenvalue weighted by Crippen LogP contribution is 2.30. The van der Waals surface area contributed by atoms with Crippen molar-refractivity contribution in [3.63, 3.8) is 0 Å². The molecular weight excluding hydrogens is 419 g/mol. The summed E-state index contributed by atoms with van der Waals surface area (Å²) < 4.78 is 0. The number of nitrogens with one attached hydrogen (secondary N) is 1. The third-order valence-corrected chi connectivity index (χ3v) is 6.21. The molecule has 0 radical (unpaired) electrons. The Kier molecular flexibility index (Phi) is 6.50. The van der Waals surface area contributed by atoms with E-state index in [-0.39, 0.29) is 11.6 Å². The van der Waals surface area contributed by atoms with Gasteiger partial charge in [0.2, 0.25) is 0 Å². The van der Waals surface area contributed by atoms with Gasteiger partial charge in [-0.2, -0.15) is 0 Å². The molecule has 2 heterocycles. The molecular formula is C23H22Cl2N4O. The maximum absolute atomic E-state index is 12.5. The third-order valence-electron chi connectivity index (χ3n) is 5.39. The van der Waals surface area contributed by atoms with Crippen LogP contribution in [-0.4, -0.2) is 29.2 Å². The van der Waals surface area contributed by atoms with Crippen LogP contribution in [0.3, 0.4) is 0 Å². The molecule has 7 heteroatoms. The highest BCUT2D eigenvalue weighted by Gasteiger charge is 2.21. The van der Waals surface area contributed by atoms with Crippen molar-refractivity contribution in [2.45, 2.75) is 19.3 Å². The van der Waals surface area contributed by atoms with E-state index in [1.54, 1.807) is 24.3 Å². The lowest BCUT2D eigenvalue weighted by Crippen LogP contribution is -2.35. The molecule has 0 atom stereocenters. The van der Waals surface area contributed by atoms with Gasteiger partial charge < -0.3 is 10.2 Å². The number of rotatable bonds is 5. The number of aromatic nitrogens is 2. The molecule has 0 unspecified atom stereocenters. The summed E-state index contributed by atoms with van der Waals surface area (Å²) in [7, 11) is 0. The van der Waals surface area contributed by atoms with Gasteiger partial charge in [0.1, 0.15) is 0 Å². The van der Waals surface area contributed by atoms with Crippen molar-refractivity contribution in [3.05, 3.63) is 82.0 Å². The molecule has 0 bridgehead atoms. The second-order valence-electron chi connectivity index (χ2n) is 7.45. The predicted molar refractivity (Wildman–Crippen MR) is 122 cm³/mol. The Hall–Kier alpha value is -2.63. The molecule has 0 spiro atoms. The van der Waals surface area contributed by atoms with Crippen LogP contribution < -0.4 is 10.2 Å². The number of halogens is 2. The second kappa shape index (κ2) is 9.45. The van der Waals surface area contributed by atoms with Gasteiger partial charge in [-0.15, -0.1) is 10.2 Å². The van der Waals surface area contributed by atoms with Crippen molar-refractivity contribution in [2.24, 2.45) is 5.92 Å². The van der Waals surface area contributed by atoms with Crippen molar-refractivity contribution >= 4 is 40.6 Å². The van der Waals surface area contributed by atoms with Crippen LogP contribution in [0.4, 0.5) is 11.5 Å². The number of carbonyl (C=O) groups excluding carboxylic acids is 1. The quantitative estimate of drug-likeness (QED) is 0.569. The number of hydrogen-bond acceptors (Lipinski definition) is 4. The molecule has 3 aromatic rings. The fraction of sp³-hybridized carbons (Fsp3) is 0.261. The Morgan fingerprint density at radius 2 is 1.73 bits per heavy atom. The summed E-state index contributed by atoms with van der Waals surface area (Å²) in [6.45, 7) is 1.88. The first-order valence-electron chi connectivity index (χ1n) is 9.98. The van der Waals surface area contributed by atoms with E-state index >= 15 is 0 Å². The van der Waals surface area contributed by atoms with Crippen LogP contribution >= 0.6 is 23.2 Å². The summed E-state index contributed by atoms with van der Waals surface area (Å²) in [6, 6.07) is 19.2. The minimum Gasteiger partial charge on any atom is -0.355 e. The summed E-state index contributed by atoms with van der Waals surface area (Å²) in [5.41, 5.74) is 2.07. The van der Waals surface area contributed by atoms with E-state index in [0.29, 0.717) is 21.7 Å². The lowest BCUT2D eigenvalue weighted by molar-refractivity contribution is 0.102. The van der Waals surface area contributed by atoms with E-state index in [4.69, 9.17) is 23.2 Å². The van der Waals surface area contributed by atoms with Crippen LogP contribution in [0.15, 0.2) is 60.7 Å². The zero-order chi connectivity index (χ0) is 20.9. The van der Waals surface area contributed by atoms with Gasteiger partial charge in [0.15, 0.2) is 11.5 Å². The molecule has 5 nitrogen and oxygen atoms in total. The minimum atomic E-state index is -0.375. The predicted octanol–water partition coefficient (Wildman–Crippen LogP) is 5.49. The van der Waals surface area contributed by atoms with E-state index in [9.17, 15) is 4.79 Å². The Morgan fingerprint density at radius 1 is 0.967 bits per heavy atom. The third kappa shape index (κ3) is 4.91. The first kappa shape index (κ1) is 20.6. The topological polar surface area (TPSA) is 58.1 Å². The molecule has 0 aliphatic carbocycles. The second-order valence-corrected chi connectivity index (χ2v) is 8.24. The van der Waals surface area contributed by atoms with Gasteiger partial charge in [0.25, 0.3) is 5.91 Å². The highest BCUT2D eigenvalue weighted by atomic mass is 35.5. The van der Waals surface area contributed by atoms with Crippen molar-refractivity contribution in [2.75, 3.05) is 23.3 Å². The maximum atomic E-state index is 12.5. The van der Waals surface area contributed by atoms with Crippen LogP contribution in [0.1, 0.15) is 28.9 Å². The van der Waals surface area contributed by atoms with Crippen LogP contribution in [0.25, 0.3) is 0 Å². The standard InChI is InChI=1S/C23H22Cl2N4O/c24-18-7-4-8-19(22(18)25)26-23(30)20-9-10-21(28-27-20)29-13-11-17(12-14-29)15-16-5-2-1-3-6-16/h1-10,17H,11-15H2,(H,26,30). The van der Waals surface area contributed by atoms with E-state index < -0.39 is 0 Å². The van der Waals surface area contributed by atoms with Gasteiger partial charge in [0.05, 0.1) is 15.7 Å². The molecule has 1 amide bonds. The summed E-state index contributed by atoms with van der Waals surface area (Å²) in [4.78, 5) is 14.7. The molecule has 1 aliphatic heterocycles. The van der Waals surface area contributed by atoms with Crippen LogP contribution in [0.2, 0.25) is 10.0 Å². The summed E-state index contributed by atoms with van der Waals surface area (Å²) in [6.07, 6.45) is 3.35. The SMILES string of the molecule is O=C(Nc1cccc(Cl)c1Cl)c1ccc(N2CCC(Cc3ccccc3)CC2)nn1. The van der Waals surface area contributed by atoms with E-state index in [2.05, 4.69) is 50.7 Å². The van der Waals surface area contributed by atoms with Gasteiger partial charge in [-0.1, -0.05) is 59.6 Å². The average Bonchev–Trinajstić information content (AvgIpc) is 2.78. The van der Waals surface area contributed by atoms with Crippen molar-refractivity contribution in [1.82, 2.24) is 10.2 Å². The zero-order valence-electron chi connectivity index (χ0n) is 16.4. The Labute approximate surface area is 186 Å². The molecule has 0 saturated carbocycles. The summed E-state index contributed by atoms with van der Waals surface area (Å²) >= 11 is 12.1. The fourth-order valence-electron chi connectivity index (χ4n) is 3.72. The molecule has 1 aromatic heterocycles. The molecule has 154 valence electrons. The normalized spacial score (nSPS) is 14.5. The lowest BCUT2D eigenvalue weighted by atomic mass is 9.90. The highest BCUT2D eigenvalue weighted by molar-refractivity contribution is 6.44. The number of piperidine rings is 1. The molecule has 2 aromatic carbocycles. The number of carbonyl (C=O) groups is 1. The van der Waals surface area contributed by atoms with Crippen molar-refractivity contribution < 1.29 is 4.79 Å². The molecule has 1 saturated heterocycles. The smallest absolute Gasteiger partial charge is 0.276 e. The summed E-state index contributed by atoms with van der Waals surface area (Å²) in [5, 5.41) is 11.8. The lowest BCUT2D eigenvalue weighted by Gasteiger charge is -2.32. The van der Waals surface area contributed by atoms with E-state index in [1.807, 2.05) is 6.07 Å². The van der Waals surface area contributed by atoms with Crippen LogP contribution in [0.5, 0.6) is 0 Å². The minimum absolute atomic E-state index is 0.230. The zero-order valence-corrected chi connectivity index (χ0v) is 17.9. The number of nitrogens with zero attached hydrogens (tertiary/aromatic N) is 3. The van der Waals surface area contributed by atoms with Gasteiger partial charge in [-0.05, 0) is 55.0 Å². The van der Waals surface area contributed by atoms with Crippen LogP contribution in [-0.2, 0) is 6.42 Å². The number of hydrogen-bond donors (Lipinski definition) is 1. The monoisotopic (exact) mass is 440 g/mol. The van der Waals surface area contributed by atoms with E-state index in [1.165, 1.54) is 5.56 Å². The van der Waals surface area contributed by atoms with Gasteiger partial charge in [0, 0.05) is 13.1 Å². The van der Waals surface area contributed by atoms with Gasteiger partial charge in [-0.25, -0.2) is 0 Å². The number of anilines is 2. The van der Waals surface area contributed by atoms with Gasteiger partial charge in [-0.3, -0.25) is 4.79 Å². The first-order chi connectivity index (χ1) is 14.6. The average molecular weight is 441 g/mol. The largest absolute Gasteiger partial charge is 0.355 e. The Balaban J connectivity index is 1.33. The molecule has 1 fully saturated rings. The number of amides is 1. The van der Waals surface area contributed by atoms with Crippen molar-refractivity contribution in [3.8, 4) is 0 Å². The van der Waals surface area contributed by atoms with Gasteiger partial charge >= 0.3 is 0 Å². The molecule has 1 N–H and O–H groups in total. The molecule has 4 rings (SSSR count). The first-order valence-corrected chi connectivity index (χ1v) is 10.7. The maximum Gasteiger partial charge on any atom is 0.276 e. The summed E-state index contributed by atoms with van der Waals surface area (Å²) in [5.74, 6) is 1.11. The number of benzene rings is 2. The Morgan fingerprint density at radius 3 is 2.43 bits per heavy atom. The molecule has 30 heavy (non-hydrogen) atoms. The Bertz CT molecular complexity index is 1000. The van der Waals surface area contributed by atoms with Crippen LogP contribution in [0, 0.1) is 5.92 Å². The molecule has 1 aliphatic rings. The van der Waals surface area contributed by atoms with Crippen molar-refractivity contribution in [1.29, 1.82) is 0 Å².